The fourth-order valence-corrected chi connectivity index (χ4v) is 2.35. The van der Waals surface area contributed by atoms with Crippen LogP contribution >= 0.6 is 22.9 Å². The second-order valence-electron chi connectivity index (χ2n) is 3.76. The summed E-state index contributed by atoms with van der Waals surface area (Å²) in [6.45, 7) is 1.86. The maximum Gasteiger partial charge on any atom is 0.259 e. The van der Waals surface area contributed by atoms with Crippen LogP contribution in [0.2, 0.25) is 5.02 Å². The predicted molar refractivity (Wildman–Crippen MR) is 74.7 cm³/mol. The highest BCUT2D eigenvalue weighted by atomic mass is 35.5. The molecule has 0 saturated heterocycles. The lowest BCUT2D eigenvalue weighted by Crippen LogP contribution is -2.12. The van der Waals surface area contributed by atoms with Crippen LogP contribution in [-0.4, -0.2) is 23.2 Å². The molecule has 0 spiro atoms. The smallest absolute Gasteiger partial charge is 0.259 e. The van der Waals surface area contributed by atoms with Gasteiger partial charge >= 0.3 is 0 Å². The molecule has 0 bridgehead atoms. The number of methoxy groups -OCH3 is 1. The SMILES string of the molecule is COC(C)c1nnc(NC(=O)c2ccccc2Cl)s1. The second kappa shape index (κ2) is 6.10. The highest BCUT2D eigenvalue weighted by molar-refractivity contribution is 7.15. The first-order valence-electron chi connectivity index (χ1n) is 5.54. The van der Waals surface area contributed by atoms with Crippen LogP contribution in [0, 0.1) is 0 Å². The zero-order chi connectivity index (χ0) is 13.8. The van der Waals surface area contributed by atoms with Gasteiger partial charge in [0.05, 0.1) is 10.6 Å². The Labute approximate surface area is 119 Å². The molecule has 0 aliphatic heterocycles. The highest BCUT2D eigenvalue weighted by Gasteiger charge is 2.15. The summed E-state index contributed by atoms with van der Waals surface area (Å²) >= 11 is 7.22. The average molecular weight is 298 g/mol. The number of nitrogens with one attached hydrogen (secondary N) is 1. The molecule has 0 radical (unpaired) electrons. The maximum absolute atomic E-state index is 12.0. The van der Waals surface area contributed by atoms with Crippen LogP contribution < -0.4 is 5.32 Å². The van der Waals surface area contributed by atoms with Gasteiger partial charge in [0.25, 0.3) is 5.91 Å². The van der Waals surface area contributed by atoms with Gasteiger partial charge in [-0.1, -0.05) is 35.1 Å². The van der Waals surface area contributed by atoms with Crippen molar-refractivity contribution in [2.45, 2.75) is 13.0 Å². The Hall–Kier alpha value is -1.50. The van der Waals surface area contributed by atoms with Gasteiger partial charge in [-0.15, -0.1) is 10.2 Å². The number of hydrogen-bond acceptors (Lipinski definition) is 5. The molecule has 1 aromatic carbocycles. The molecule has 0 aliphatic carbocycles. The molecule has 0 fully saturated rings. The summed E-state index contributed by atoms with van der Waals surface area (Å²) in [6, 6.07) is 6.83. The molecule has 19 heavy (non-hydrogen) atoms. The number of halogens is 1. The standard InChI is InChI=1S/C12H12ClN3O2S/c1-7(18-2)11-15-16-12(19-11)14-10(17)8-5-3-4-6-9(8)13/h3-7H,1-2H3,(H,14,16,17). The third-order valence-corrected chi connectivity index (χ3v) is 3.81. The van der Waals surface area contributed by atoms with Gasteiger partial charge in [0, 0.05) is 7.11 Å². The van der Waals surface area contributed by atoms with Crippen LogP contribution in [0.3, 0.4) is 0 Å². The number of anilines is 1. The summed E-state index contributed by atoms with van der Waals surface area (Å²) in [5.74, 6) is -0.307. The number of carbonyl (C=O) groups excluding carboxylic acids is 1. The topological polar surface area (TPSA) is 64.1 Å². The Balaban J connectivity index is 2.11. The van der Waals surface area contributed by atoms with Crippen LogP contribution in [-0.2, 0) is 4.74 Å². The number of nitrogens with zero attached hydrogens (tertiary/aromatic N) is 2. The molecular weight excluding hydrogens is 286 g/mol. The van der Waals surface area contributed by atoms with Gasteiger partial charge in [-0.3, -0.25) is 10.1 Å². The number of ether oxygens (including phenoxy) is 1. The summed E-state index contributed by atoms with van der Waals surface area (Å²) in [4.78, 5) is 12.0. The van der Waals surface area contributed by atoms with Gasteiger partial charge < -0.3 is 4.74 Å². The zero-order valence-corrected chi connectivity index (χ0v) is 12.0. The van der Waals surface area contributed by atoms with Crippen molar-refractivity contribution in [3.63, 3.8) is 0 Å². The predicted octanol–water partition coefficient (Wildman–Crippen LogP) is 3.15. The molecule has 1 atom stereocenters. The van der Waals surface area contributed by atoms with Gasteiger partial charge in [-0.2, -0.15) is 0 Å². The lowest BCUT2D eigenvalue weighted by Gasteiger charge is -2.03. The quantitative estimate of drug-likeness (QED) is 0.941. The zero-order valence-electron chi connectivity index (χ0n) is 10.4. The fourth-order valence-electron chi connectivity index (χ4n) is 1.36. The van der Waals surface area contributed by atoms with Crippen LogP contribution in [0.15, 0.2) is 24.3 Å². The van der Waals surface area contributed by atoms with E-state index >= 15 is 0 Å². The normalized spacial score (nSPS) is 12.2. The molecule has 1 aromatic heterocycles. The first-order chi connectivity index (χ1) is 9.11. The third kappa shape index (κ3) is 3.28. The minimum atomic E-state index is -0.307. The maximum atomic E-state index is 12.0. The molecular formula is C12H12ClN3O2S. The Morgan fingerprint density at radius 1 is 1.42 bits per heavy atom. The first-order valence-corrected chi connectivity index (χ1v) is 6.73. The monoisotopic (exact) mass is 297 g/mol. The van der Waals surface area contributed by atoms with Gasteiger partial charge in [-0.25, -0.2) is 0 Å². The minimum Gasteiger partial charge on any atom is -0.374 e. The van der Waals surface area contributed by atoms with Crippen molar-refractivity contribution in [3.8, 4) is 0 Å². The van der Waals surface area contributed by atoms with Gasteiger partial charge in [0.15, 0.2) is 0 Å². The van der Waals surface area contributed by atoms with Crippen LogP contribution in [0.1, 0.15) is 28.4 Å². The molecule has 0 saturated carbocycles. The molecule has 1 amide bonds. The van der Waals surface area contributed by atoms with Crippen molar-refractivity contribution in [3.05, 3.63) is 39.9 Å². The van der Waals surface area contributed by atoms with Crippen molar-refractivity contribution >= 4 is 34.0 Å². The van der Waals surface area contributed by atoms with E-state index in [9.17, 15) is 4.79 Å². The largest absolute Gasteiger partial charge is 0.374 e. The lowest BCUT2D eigenvalue weighted by molar-refractivity contribution is 0.102. The molecule has 7 heteroatoms. The number of amides is 1. The van der Waals surface area contributed by atoms with E-state index in [0.717, 1.165) is 0 Å². The average Bonchev–Trinajstić information content (AvgIpc) is 2.86. The minimum absolute atomic E-state index is 0.150. The van der Waals surface area contributed by atoms with Gasteiger partial charge in [-0.05, 0) is 19.1 Å². The fraction of sp³-hybridized carbons (Fsp3) is 0.250. The van der Waals surface area contributed by atoms with E-state index in [4.69, 9.17) is 16.3 Å². The summed E-state index contributed by atoms with van der Waals surface area (Å²) in [6.07, 6.45) is -0.150. The van der Waals surface area contributed by atoms with Crippen LogP contribution in [0.4, 0.5) is 5.13 Å². The van der Waals surface area contributed by atoms with Crippen LogP contribution in [0.25, 0.3) is 0 Å². The highest BCUT2D eigenvalue weighted by Crippen LogP contribution is 2.24. The second-order valence-corrected chi connectivity index (χ2v) is 5.17. The number of rotatable bonds is 4. The van der Waals surface area contributed by atoms with E-state index in [1.54, 1.807) is 31.4 Å². The van der Waals surface area contributed by atoms with Gasteiger partial charge in [0.2, 0.25) is 5.13 Å². The van der Waals surface area contributed by atoms with Crippen LogP contribution in [0.5, 0.6) is 0 Å². The van der Waals surface area contributed by atoms with E-state index in [0.29, 0.717) is 20.7 Å². The van der Waals surface area contributed by atoms with E-state index in [1.807, 2.05) is 6.92 Å². The summed E-state index contributed by atoms with van der Waals surface area (Å²) in [7, 11) is 1.59. The number of hydrogen-bond donors (Lipinski definition) is 1. The molecule has 1 N–H and O–H groups in total. The molecule has 2 aromatic rings. The third-order valence-electron chi connectivity index (χ3n) is 2.48. The molecule has 1 unspecified atom stereocenters. The van der Waals surface area contributed by atoms with E-state index < -0.39 is 0 Å². The summed E-state index contributed by atoms with van der Waals surface area (Å²) < 4.78 is 5.13. The van der Waals surface area contributed by atoms with E-state index in [1.165, 1.54) is 11.3 Å². The number of carbonyl (C=O) groups is 1. The lowest BCUT2D eigenvalue weighted by atomic mass is 10.2. The Kier molecular flexibility index (Phi) is 4.47. The Bertz CT molecular complexity index is 588. The molecule has 0 aliphatic rings. The summed E-state index contributed by atoms with van der Waals surface area (Å²) in [5, 5.41) is 12.0. The van der Waals surface area contributed by atoms with Gasteiger partial charge in [0.1, 0.15) is 11.1 Å². The molecule has 2 rings (SSSR count). The van der Waals surface area contributed by atoms with Crippen molar-refractivity contribution < 1.29 is 9.53 Å². The molecule has 100 valence electrons. The first kappa shape index (κ1) is 13.9. The van der Waals surface area contributed by atoms with Crippen molar-refractivity contribution in [2.75, 3.05) is 12.4 Å². The van der Waals surface area contributed by atoms with Crippen molar-refractivity contribution in [1.82, 2.24) is 10.2 Å². The van der Waals surface area contributed by atoms with Crippen molar-refractivity contribution in [2.24, 2.45) is 0 Å². The molecule has 1 heterocycles. The Morgan fingerprint density at radius 2 is 2.16 bits per heavy atom. The van der Waals surface area contributed by atoms with E-state index in [-0.39, 0.29) is 12.0 Å². The molecule has 5 nitrogen and oxygen atoms in total. The van der Waals surface area contributed by atoms with Crippen molar-refractivity contribution in [1.29, 1.82) is 0 Å². The summed E-state index contributed by atoms with van der Waals surface area (Å²) in [5.41, 5.74) is 0.403. The Morgan fingerprint density at radius 3 is 2.84 bits per heavy atom. The number of aromatic nitrogens is 2. The number of benzene rings is 1. The van der Waals surface area contributed by atoms with E-state index in [2.05, 4.69) is 15.5 Å².